The van der Waals surface area contributed by atoms with Crippen molar-refractivity contribution in [2.75, 3.05) is 0 Å². The lowest BCUT2D eigenvalue weighted by Gasteiger charge is -2.08. The molecule has 0 radical (unpaired) electrons. The van der Waals surface area contributed by atoms with Crippen LogP contribution in [0.3, 0.4) is 0 Å². The van der Waals surface area contributed by atoms with E-state index in [0.717, 1.165) is 33.2 Å². The lowest BCUT2D eigenvalue weighted by molar-refractivity contribution is 0.653. The molecule has 0 aliphatic rings. The summed E-state index contributed by atoms with van der Waals surface area (Å²) in [6.07, 6.45) is 0. The molecular formula is C34H18N2OS2. The largest absolute Gasteiger partial charge is 0.438 e. The Balaban J connectivity index is 1.42. The average Bonchev–Trinajstić information content (AvgIpc) is 3.67. The quantitative estimate of drug-likeness (QED) is 0.221. The summed E-state index contributed by atoms with van der Waals surface area (Å²) in [6, 6.07) is 38.3. The Labute approximate surface area is 230 Å². The molecule has 0 spiro atoms. The topological polar surface area (TPSA) is 38.9 Å². The average molecular weight is 535 g/mol. The fraction of sp³-hybridized carbons (Fsp3) is 0. The maximum absolute atomic E-state index is 6.37. The smallest absolute Gasteiger partial charge is 0.231 e. The number of thiophene rings is 2. The zero-order valence-electron chi connectivity index (χ0n) is 20.5. The zero-order valence-corrected chi connectivity index (χ0v) is 22.1. The zero-order chi connectivity index (χ0) is 25.5. The minimum absolute atomic E-state index is 0.618. The summed E-state index contributed by atoms with van der Waals surface area (Å²) < 4.78 is 11.3. The molecular weight excluding hydrogens is 517 g/mol. The molecule has 0 atom stereocenters. The van der Waals surface area contributed by atoms with Crippen LogP contribution >= 0.6 is 22.7 Å². The standard InChI is InChI=1S/C34H18N2OS2/c1-4-16-26-23(11-1)29-30(24-14-7-12-21-19-9-2-5-17-27(19)38-31(21)24)35-33(36-34(29)37-26)25-15-8-13-22-20-10-3-6-18-28(20)39-32(22)25/h1-18H. The van der Waals surface area contributed by atoms with Crippen molar-refractivity contribution in [2.45, 2.75) is 0 Å². The number of aromatic nitrogens is 2. The first-order valence-electron chi connectivity index (χ1n) is 12.8. The van der Waals surface area contributed by atoms with Gasteiger partial charge in [0.1, 0.15) is 5.58 Å². The lowest BCUT2D eigenvalue weighted by atomic mass is 10.0. The van der Waals surface area contributed by atoms with Crippen LogP contribution in [0.15, 0.2) is 114 Å². The molecule has 39 heavy (non-hydrogen) atoms. The number of hydrogen-bond acceptors (Lipinski definition) is 5. The molecule has 0 bridgehead atoms. The van der Waals surface area contributed by atoms with Crippen molar-refractivity contribution in [1.82, 2.24) is 9.97 Å². The molecule has 0 aliphatic carbocycles. The first-order valence-corrected chi connectivity index (χ1v) is 14.5. The molecule has 4 heterocycles. The van der Waals surface area contributed by atoms with Gasteiger partial charge in [0.2, 0.25) is 5.71 Å². The first kappa shape index (κ1) is 21.4. The summed E-state index contributed by atoms with van der Waals surface area (Å²) in [5, 5.41) is 7.02. The molecule has 9 aromatic rings. The predicted molar refractivity (Wildman–Crippen MR) is 166 cm³/mol. The second-order valence-electron chi connectivity index (χ2n) is 9.74. The number of rotatable bonds is 2. The fourth-order valence-electron chi connectivity index (χ4n) is 5.80. The van der Waals surface area contributed by atoms with E-state index in [1.54, 1.807) is 11.3 Å². The highest BCUT2D eigenvalue weighted by Crippen LogP contribution is 2.45. The SMILES string of the molecule is c1ccc2c(c1)oc1nc(-c3cccc4c3sc3ccccc34)nc(-c3cccc4c3sc3ccccc34)c12. The Kier molecular flexibility index (Phi) is 4.36. The predicted octanol–water partition coefficient (Wildman–Crippen LogP) is 10.4. The van der Waals surface area contributed by atoms with E-state index < -0.39 is 0 Å². The summed E-state index contributed by atoms with van der Waals surface area (Å²) in [6.45, 7) is 0. The maximum Gasteiger partial charge on any atom is 0.231 e. The van der Waals surface area contributed by atoms with E-state index in [2.05, 4.69) is 91.0 Å². The number of furan rings is 1. The van der Waals surface area contributed by atoms with E-state index in [-0.39, 0.29) is 0 Å². The van der Waals surface area contributed by atoms with Gasteiger partial charge in [0.25, 0.3) is 0 Å². The van der Waals surface area contributed by atoms with Gasteiger partial charge in [0.05, 0.1) is 11.1 Å². The second-order valence-corrected chi connectivity index (χ2v) is 11.8. The Morgan fingerprint density at radius 1 is 0.487 bits per heavy atom. The van der Waals surface area contributed by atoms with Crippen molar-refractivity contribution >= 4 is 85.1 Å². The number of nitrogens with zero attached hydrogens (tertiary/aromatic N) is 2. The molecule has 5 aromatic carbocycles. The summed E-state index contributed by atoms with van der Waals surface area (Å²) in [4.78, 5) is 10.4. The van der Waals surface area contributed by atoms with E-state index in [4.69, 9.17) is 14.4 Å². The molecule has 0 N–H and O–H groups in total. The van der Waals surface area contributed by atoms with Crippen molar-refractivity contribution in [3.8, 4) is 22.6 Å². The molecule has 0 aliphatic heterocycles. The Morgan fingerprint density at radius 3 is 1.77 bits per heavy atom. The molecule has 182 valence electrons. The third kappa shape index (κ3) is 3.03. The molecule has 0 unspecified atom stereocenters. The third-order valence-corrected chi connectivity index (χ3v) is 9.98. The van der Waals surface area contributed by atoms with E-state index >= 15 is 0 Å². The normalized spacial score (nSPS) is 12.1. The summed E-state index contributed by atoms with van der Waals surface area (Å²) in [5.41, 5.74) is 4.49. The van der Waals surface area contributed by atoms with Crippen LogP contribution in [0.5, 0.6) is 0 Å². The van der Waals surface area contributed by atoms with Gasteiger partial charge < -0.3 is 4.42 Å². The Bertz CT molecular complexity index is 2410. The van der Waals surface area contributed by atoms with Crippen LogP contribution in [0, 0.1) is 0 Å². The Morgan fingerprint density at radius 2 is 1.05 bits per heavy atom. The van der Waals surface area contributed by atoms with Crippen molar-refractivity contribution < 1.29 is 4.42 Å². The van der Waals surface area contributed by atoms with Gasteiger partial charge in [0, 0.05) is 56.9 Å². The van der Waals surface area contributed by atoms with Gasteiger partial charge in [-0.2, -0.15) is 4.98 Å². The number of benzene rings is 5. The van der Waals surface area contributed by atoms with Crippen molar-refractivity contribution in [3.05, 3.63) is 109 Å². The van der Waals surface area contributed by atoms with Crippen molar-refractivity contribution in [3.63, 3.8) is 0 Å². The minimum Gasteiger partial charge on any atom is -0.438 e. The molecule has 0 fully saturated rings. The third-order valence-electron chi connectivity index (χ3n) is 7.54. The molecule has 9 rings (SSSR count). The van der Waals surface area contributed by atoms with Crippen LogP contribution in [0.2, 0.25) is 0 Å². The Hall–Kier alpha value is -4.58. The van der Waals surface area contributed by atoms with Gasteiger partial charge in [-0.25, -0.2) is 4.98 Å². The van der Waals surface area contributed by atoms with E-state index in [1.165, 1.54) is 40.3 Å². The van der Waals surface area contributed by atoms with Crippen LogP contribution in [-0.2, 0) is 0 Å². The summed E-state index contributed by atoms with van der Waals surface area (Å²) in [7, 11) is 0. The highest BCUT2D eigenvalue weighted by molar-refractivity contribution is 7.26. The molecule has 5 heteroatoms. The van der Waals surface area contributed by atoms with Crippen LogP contribution in [0.25, 0.3) is 85.1 Å². The number of hydrogen-bond donors (Lipinski definition) is 0. The summed E-state index contributed by atoms with van der Waals surface area (Å²) in [5.74, 6) is 0.687. The number of fused-ring (bicyclic) bond motifs is 9. The first-order chi connectivity index (χ1) is 19.3. The van der Waals surface area contributed by atoms with Crippen molar-refractivity contribution in [2.24, 2.45) is 0 Å². The molecule has 4 aromatic heterocycles. The highest BCUT2D eigenvalue weighted by Gasteiger charge is 2.22. The fourth-order valence-corrected chi connectivity index (χ4v) is 8.22. The van der Waals surface area contributed by atoms with Gasteiger partial charge in [-0.3, -0.25) is 0 Å². The summed E-state index contributed by atoms with van der Waals surface area (Å²) >= 11 is 3.61. The van der Waals surface area contributed by atoms with Gasteiger partial charge in [-0.05, 0) is 24.3 Å². The lowest BCUT2D eigenvalue weighted by Crippen LogP contribution is -1.94. The minimum atomic E-state index is 0.618. The van der Waals surface area contributed by atoms with Gasteiger partial charge in [0.15, 0.2) is 5.82 Å². The molecule has 0 saturated heterocycles. The van der Waals surface area contributed by atoms with Gasteiger partial charge >= 0.3 is 0 Å². The number of para-hydroxylation sites is 1. The van der Waals surface area contributed by atoms with E-state index in [1.807, 2.05) is 29.5 Å². The van der Waals surface area contributed by atoms with Gasteiger partial charge in [-0.1, -0.05) is 84.9 Å². The van der Waals surface area contributed by atoms with Gasteiger partial charge in [-0.15, -0.1) is 22.7 Å². The van der Waals surface area contributed by atoms with Crippen LogP contribution in [-0.4, -0.2) is 9.97 Å². The monoisotopic (exact) mass is 534 g/mol. The van der Waals surface area contributed by atoms with Crippen LogP contribution in [0.1, 0.15) is 0 Å². The van der Waals surface area contributed by atoms with Crippen molar-refractivity contribution in [1.29, 1.82) is 0 Å². The van der Waals surface area contributed by atoms with Crippen LogP contribution in [0.4, 0.5) is 0 Å². The maximum atomic E-state index is 6.37. The van der Waals surface area contributed by atoms with E-state index in [9.17, 15) is 0 Å². The highest BCUT2D eigenvalue weighted by atomic mass is 32.1. The second kappa shape index (κ2) is 7.96. The molecule has 0 amide bonds. The molecule has 0 saturated carbocycles. The van der Waals surface area contributed by atoms with E-state index in [0.29, 0.717) is 11.5 Å². The van der Waals surface area contributed by atoms with Crippen LogP contribution < -0.4 is 0 Å². The molecule has 3 nitrogen and oxygen atoms in total.